The van der Waals surface area contributed by atoms with E-state index in [2.05, 4.69) is 10.5 Å². The summed E-state index contributed by atoms with van der Waals surface area (Å²) in [6.07, 6.45) is 5.79. The van der Waals surface area contributed by atoms with E-state index >= 15 is 0 Å². The van der Waals surface area contributed by atoms with Crippen molar-refractivity contribution < 1.29 is 13.5 Å². The van der Waals surface area contributed by atoms with Crippen LogP contribution < -0.4 is 11.3 Å². The van der Waals surface area contributed by atoms with Crippen molar-refractivity contribution >= 4 is 0 Å². The number of nitrogens with one attached hydrogen (secondary N) is 1. The average molecular weight is 302 g/mol. The van der Waals surface area contributed by atoms with Gasteiger partial charge in [-0.05, 0) is 25.3 Å². The minimum Gasteiger partial charge on any atom is -0.375 e. The van der Waals surface area contributed by atoms with Gasteiger partial charge in [-0.1, -0.05) is 12.8 Å². The Balaban J connectivity index is 1.75. The summed E-state index contributed by atoms with van der Waals surface area (Å²) >= 11 is 0. The minimum atomic E-state index is -2.42. The van der Waals surface area contributed by atoms with Crippen molar-refractivity contribution in [2.45, 2.75) is 57.0 Å². The van der Waals surface area contributed by atoms with Gasteiger partial charge >= 0.3 is 0 Å². The minimum absolute atomic E-state index is 0.0189. The molecule has 1 aromatic heterocycles. The predicted octanol–water partition coefficient (Wildman–Crippen LogP) is 2.04. The van der Waals surface area contributed by atoms with Gasteiger partial charge < -0.3 is 4.74 Å². The first-order valence-corrected chi connectivity index (χ1v) is 7.55. The van der Waals surface area contributed by atoms with Gasteiger partial charge in [0, 0.05) is 25.3 Å². The zero-order chi connectivity index (χ0) is 15.1. The number of hydrazine groups is 1. The number of rotatable bonds is 9. The fourth-order valence-corrected chi connectivity index (χ4v) is 2.75. The smallest absolute Gasteiger partial charge is 0.261 e. The standard InChI is InChI=1S/C14H24F2N4O/c15-14(16)10-21-8-6-11(18-17)9-12-5-7-20(19-12)13-3-1-2-4-13/h5,7,11,13-14,18H,1-4,6,8-10,17H2. The van der Waals surface area contributed by atoms with E-state index in [4.69, 9.17) is 10.6 Å². The third-order valence-corrected chi connectivity index (χ3v) is 3.91. The number of hydrogen-bond acceptors (Lipinski definition) is 4. The summed E-state index contributed by atoms with van der Waals surface area (Å²) in [5.74, 6) is 5.50. The molecule has 21 heavy (non-hydrogen) atoms. The molecule has 1 saturated carbocycles. The normalized spacial score (nSPS) is 17.7. The van der Waals surface area contributed by atoms with Crippen LogP contribution in [0, 0.1) is 0 Å². The molecule has 0 aliphatic heterocycles. The number of alkyl halides is 2. The van der Waals surface area contributed by atoms with Crippen LogP contribution in [0.25, 0.3) is 0 Å². The molecular weight excluding hydrogens is 278 g/mol. The summed E-state index contributed by atoms with van der Waals surface area (Å²) in [6, 6.07) is 2.51. The predicted molar refractivity (Wildman–Crippen MR) is 76.0 cm³/mol. The van der Waals surface area contributed by atoms with Crippen LogP contribution in [0.1, 0.15) is 43.8 Å². The second-order valence-corrected chi connectivity index (χ2v) is 5.55. The van der Waals surface area contributed by atoms with Crippen LogP contribution in [0.15, 0.2) is 12.3 Å². The van der Waals surface area contributed by atoms with E-state index in [1.54, 1.807) is 0 Å². The maximum Gasteiger partial charge on any atom is 0.261 e. The van der Waals surface area contributed by atoms with Crippen molar-refractivity contribution in [2.75, 3.05) is 13.2 Å². The first kappa shape index (κ1) is 16.3. The van der Waals surface area contributed by atoms with Gasteiger partial charge in [-0.2, -0.15) is 5.10 Å². The van der Waals surface area contributed by atoms with Crippen LogP contribution in [0.3, 0.4) is 0 Å². The third-order valence-electron chi connectivity index (χ3n) is 3.91. The molecule has 1 aromatic rings. The Morgan fingerprint density at radius 3 is 2.86 bits per heavy atom. The summed E-state index contributed by atoms with van der Waals surface area (Å²) in [5.41, 5.74) is 3.67. The Morgan fingerprint density at radius 1 is 1.43 bits per heavy atom. The molecule has 0 aromatic carbocycles. The average Bonchev–Trinajstić information content (AvgIpc) is 3.12. The quantitative estimate of drug-likeness (QED) is 0.416. The molecule has 5 nitrogen and oxygen atoms in total. The third kappa shape index (κ3) is 5.33. The maximum atomic E-state index is 12.0. The lowest BCUT2D eigenvalue weighted by Gasteiger charge is -2.15. The highest BCUT2D eigenvalue weighted by atomic mass is 19.3. The van der Waals surface area contributed by atoms with Crippen LogP contribution in [-0.2, 0) is 11.2 Å². The van der Waals surface area contributed by atoms with Gasteiger partial charge in [-0.3, -0.25) is 16.0 Å². The zero-order valence-corrected chi connectivity index (χ0v) is 12.2. The molecule has 1 aliphatic carbocycles. The molecule has 0 spiro atoms. The van der Waals surface area contributed by atoms with Gasteiger partial charge in [-0.25, -0.2) is 8.78 Å². The van der Waals surface area contributed by atoms with Gasteiger partial charge in [0.1, 0.15) is 6.61 Å². The molecule has 7 heteroatoms. The number of ether oxygens (including phenoxy) is 1. The van der Waals surface area contributed by atoms with Crippen LogP contribution in [0.5, 0.6) is 0 Å². The van der Waals surface area contributed by atoms with Crippen LogP contribution in [-0.4, -0.2) is 35.5 Å². The fourth-order valence-electron chi connectivity index (χ4n) is 2.75. The van der Waals surface area contributed by atoms with Crippen molar-refractivity contribution in [2.24, 2.45) is 5.84 Å². The molecule has 1 heterocycles. The van der Waals surface area contributed by atoms with E-state index in [1.165, 1.54) is 25.7 Å². The fraction of sp³-hybridized carbons (Fsp3) is 0.786. The van der Waals surface area contributed by atoms with Crippen LogP contribution >= 0.6 is 0 Å². The van der Waals surface area contributed by atoms with Crippen LogP contribution in [0.4, 0.5) is 8.78 Å². The molecule has 3 N–H and O–H groups in total. The topological polar surface area (TPSA) is 65.1 Å². The molecule has 1 atom stereocenters. The van der Waals surface area contributed by atoms with Gasteiger partial charge in [0.2, 0.25) is 0 Å². The van der Waals surface area contributed by atoms with E-state index in [0.29, 0.717) is 18.9 Å². The first-order chi connectivity index (χ1) is 10.2. The largest absolute Gasteiger partial charge is 0.375 e. The summed E-state index contributed by atoms with van der Waals surface area (Å²) < 4.78 is 30.8. The zero-order valence-electron chi connectivity index (χ0n) is 12.2. The lowest BCUT2D eigenvalue weighted by molar-refractivity contribution is 0.0144. The van der Waals surface area contributed by atoms with Crippen molar-refractivity contribution in [3.05, 3.63) is 18.0 Å². The molecule has 0 radical (unpaired) electrons. The maximum absolute atomic E-state index is 12.0. The Labute approximate surface area is 123 Å². The van der Waals surface area contributed by atoms with Gasteiger partial charge in [0.25, 0.3) is 6.43 Å². The molecule has 0 amide bonds. The number of aromatic nitrogens is 2. The molecule has 120 valence electrons. The molecule has 1 unspecified atom stereocenters. The van der Waals surface area contributed by atoms with Crippen molar-refractivity contribution in [1.29, 1.82) is 0 Å². The lowest BCUT2D eigenvalue weighted by atomic mass is 10.1. The molecular formula is C14H24F2N4O. The monoisotopic (exact) mass is 302 g/mol. The molecule has 0 saturated heterocycles. The van der Waals surface area contributed by atoms with E-state index in [1.807, 2.05) is 16.9 Å². The van der Waals surface area contributed by atoms with Gasteiger partial charge in [0.15, 0.2) is 0 Å². The number of nitrogens with zero attached hydrogens (tertiary/aromatic N) is 2. The highest BCUT2D eigenvalue weighted by Crippen LogP contribution is 2.28. The Bertz CT molecular complexity index is 407. The Hall–Kier alpha value is -1.05. The lowest BCUT2D eigenvalue weighted by Crippen LogP contribution is -2.37. The van der Waals surface area contributed by atoms with Crippen molar-refractivity contribution in [3.63, 3.8) is 0 Å². The highest BCUT2D eigenvalue weighted by Gasteiger charge is 2.18. The summed E-state index contributed by atoms with van der Waals surface area (Å²) in [4.78, 5) is 0. The summed E-state index contributed by atoms with van der Waals surface area (Å²) in [6.45, 7) is -0.254. The molecule has 0 bridgehead atoms. The van der Waals surface area contributed by atoms with Crippen LogP contribution in [0.2, 0.25) is 0 Å². The van der Waals surface area contributed by atoms with Crippen molar-refractivity contribution in [3.8, 4) is 0 Å². The van der Waals surface area contributed by atoms with Gasteiger partial charge in [-0.15, -0.1) is 0 Å². The SMILES string of the molecule is NNC(CCOCC(F)F)Cc1ccn(C2CCCC2)n1. The molecule has 1 fully saturated rings. The first-order valence-electron chi connectivity index (χ1n) is 7.55. The molecule has 2 rings (SSSR count). The Morgan fingerprint density at radius 2 is 2.19 bits per heavy atom. The number of hydrogen-bond donors (Lipinski definition) is 2. The van der Waals surface area contributed by atoms with E-state index in [0.717, 1.165) is 5.69 Å². The van der Waals surface area contributed by atoms with Crippen molar-refractivity contribution in [1.82, 2.24) is 15.2 Å². The molecule has 1 aliphatic rings. The summed E-state index contributed by atoms with van der Waals surface area (Å²) in [5, 5.41) is 4.60. The van der Waals surface area contributed by atoms with E-state index < -0.39 is 13.0 Å². The Kier molecular flexibility index (Phi) is 6.53. The number of halogens is 2. The second kappa shape index (κ2) is 8.41. The second-order valence-electron chi connectivity index (χ2n) is 5.55. The van der Waals surface area contributed by atoms with E-state index in [9.17, 15) is 8.78 Å². The highest BCUT2D eigenvalue weighted by molar-refractivity contribution is 5.02. The van der Waals surface area contributed by atoms with Gasteiger partial charge in [0.05, 0.1) is 11.7 Å². The number of nitrogens with two attached hydrogens (primary N) is 1. The summed E-state index contributed by atoms with van der Waals surface area (Å²) in [7, 11) is 0. The van der Waals surface area contributed by atoms with E-state index in [-0.39, 0.29) is 12.6 Å².